The first-order valence-electron chi connectivity index (χ1n) is 12.2. The van der Waals surface area contributed by atoms with E-state index in [-0.39, 0.29) is 5.92 Å². The summed E-state index contributed by atoms with van der Waals surface area (Å²) in [7, 11) is 0. The summed E-state index contributed by atoms with van der Waals surface area (Å²) in [5, 5.41) is 5.59. The third kappa shape index (κ3) is 4.21. The molecule has 0 saturated carbocycles. The summed E-state index contributed by atoms with van der Waals surface area (Å²) < 4.78 is 1.83. The van der Waals surface area contributed by atoms with Crippen molar-refractivity contribution in [3.05, 3.63) is 84.2 Å². The molecule has 1 aliphatic rings. The van der Waals surface area contributed by atoms with Crippen LogP contribution in [-0.2, 0) is 11.3 Å². The molecule has 6 nitrogen and oxygen atoms in total. The van der Waals surface area contributed by atoms with E-state index in [0.29, 0.717) is 0 Å². The monoisotopic (exact) mass is 461 g/mol. The Morgan fingerprint density at radius 2 is 1.74 bits per heavy atom. The number of nitrogens with zero attached hydrogens (tertiary/aromatic N) is 5. The summed E-state index contributed by atoms with van der Waals surface area (Å²) >= 11 is 0. The van der Waals surface area contributed by atoms with E-state index < -0.39 is 0 Å². The highest BCUT2D eigenvalue weighted by atomic mass is 16.1. The van der Waals surface area contributed by atoms with Gasteiger partial charge in [0.05, 0.1) is 11.4 Å². The Kier molecular flexibility index (Phi) is 5.58. The molecule has 1 fully saturated rings. The number of hydrogen-bond donors (Lipinski definition) is 0. The number of aromatic nitrogens is 4. The molecule has 0 aliphatic carbocycles. The maximum absolute atomic E-state index is 11.0. The van der Waals surface area contributed by atoms with Crippen molar-refractivity contribution in [2.24, 2.45) is 5.92 Å². The Balaban J connectivity index is 1.40. The molecule has 6 rings (SSSR count). The highest BCUT2D eigenvalue weighted by Crippen LogP contribution is 2.33. The van der Waals surface area contributed by atoms with Gasteiger partial charge >= 0.3 is 0 Å². The van der Waals surface area contributed by atoms with Gasteiger partial charge in [-0.15, -0.1) is 0 Å². The first kappa shape index (κ1) is 21.6. The molecule has 2 aromatic carbocycles. The van der Waals surface area contributed by atoms with E-state index in [1.54, 1.807) is 0 Å². The highest BCUT2D eigenvalue weighted by Gasteiger charge is 2.19. The average molecular weight is 462 g/mol. The van der Waals surface area contributed by atoms with Crippen LogP contribution >= 0.6 is 0 Å². The molecule has 4 heterocycles. The molecule has 0 radical (unpaired) electrons. The molecule has 6 heteroatoms. The largest absolute Gasteiger partial charge is 0.303 e. The van der Waals surface area contributed by atoms with Gasteiger partial charge in [-0.25, -0.2) is 9.97 Å². The van der Waals surface area contributed by atoms with E-state index in [4.69, 9.17) is 4.98 Å². The Morgan fingerprint density at radius 1 is 0.971 bits per heavy atom. The molecule has 5 aromatic rings. The fraction of sp³-hybridized carbons (Fsp3) is 0.241. The highest BCUT2D eigenvalue weighted by molar-refractivity contribution is 5.90. The lowest BCUT2D eigenvalue weighted by atomic mass is 9.97. The molecule has 0 bridgehead atoms. The Labute approximate surface area is 204 Å². The fourth-order valence-corrected chi connectivity index (χ4v) is 4.98. The van der Waals surface area contributed by atoms with Gasteiger partial charge in [-0.3, -0.25) is 4.90 Å². The zero-order valence-corrected chi connectivity index (χ0v) is 19.8. The van der Waals surface area contributed by atoms with Crippen LogP contribution in [0, 0.1) is 12.8 Å². The number of piperidine rings is 1. The molecule has 0 unspecified atom stereocenters. The number of pyridine rings is 1. The number of aldehydes is 1. The number of aryl methyl sites for hydroxylation is 1. The van der Waals surface area contributed by atoms with Crippen LogP contribution in [0.5, 0.6) is 0 Å². The third-order valence-corrected chi connectivity index (χ3v) is 6.92. The minimum Gasteiger partial charge on any atom is -0.303 e. The topological polar surface area (TPSA) is 63.4 Å². The molecule has 3 aromatic heterocycles. The van der Waals surface area contributed by atoms with Crippen LogP contribution < -0.4 is 0 Å². The summed E-state index contributed by atoms with van der Waals surface area (Å²) in [6.45, 7) is 4.83. The Bertz CT molecular complexity index is 1500. The van der Waals surface area contributed by atoms with Gasteiger partial charge in [0.25, 0.3) is 0 Å². The smallest absolute Gasteiger partial charge is 0.165 e. The van der Waals surface area contributed by atoms with E-state index in [0.717, 1.165) is 83.5 Å². The van der Waals surface area contributed by atoms with Crippen molar-refractivity contribution in [1.82, 2.24) is 24.5 Å². The number of carbonyl (C=O) groups excluding carboxylic acids is 1. The van der Waals surface area contributed by atoms with Crippen molar-refractivity contribution in [2.75, 3.05) is 13.1 Å². The standard InChI is InChI=1S/C29H27N5O/c1-20-15-27-30-17-25-16-26(23-5-3-2-4-6-23)28(31-29(25)34(27)32-20)24-9-7-21(8-10-24)18-33-13-11-22(19-35)12-14-33/h2-10,15-17,19,22H,11-14,18H2,1H3. The maximum atomic E-state index is 11.0. The first-order valence-corrected chi connectivity index (χ1v) is 12.2. The molecule has 0 spiro atoms. The van der Waals surface area contributed by atoms with Gasteiger partial charge < -0.3 is 4.79 Å². The molecule has 1 saturated heterocycles. The van der Waals surface area contributed by atoms with Crippen molar-refractivity contribution < 1.29 is 4.79 Å². The van der Waals surface area contributed by atoms with Gasteiger partial charge in [0.15, 0.2) is 11.3 Å². The van der Waals surface area contributed by atoms with Crippen molar-refractivity contribution in [3.63, 3.8) is 0 Å². The number of hydrogen-bond acceptors (Lipinski definition) is 5. The Hall–Kier alpha value is -3.90. The van der Waals surface area contributed by atoms with Gasteiger partial charge in [0.2, 0.25) is 0 Å². The van der Waals surface area contributed by atoms with Crippen molar-refractivity contribution >= 4 is 23.0 Å². The summed E-state index contributed by atoms with van der Waals surface area (Å²) in [6, 6.07) is 23.2. The summed E-state index contributed by atoms with van der Waals surface area (Å²) in [5.41, 5.74) is 8.00. The van der Waals surface area contributed by atoms with E-state index in [1.165, 1.54) is 5.56 Å². The SMILES string of the molecule is Cc1cc2ncc3cc(-c4ccccc4)c(-c4ccc(CN5CCC(C=O)CC5)cc4)nc3n2n1. The average Bonchev–Trinajstić information content (AvgIpc) is 3.30. The predicted molar refractivity (Wildman–Crippen MR) is 138 cm³/mol. The zero-order chi connectivity index (χ0) is 23.8. The lowest BCUT2D eigenvalue weighted by Gasteiger charge is -2.29. The van der Waals surface area contributed by atoms with Gasteiger partial charge in [-0.2, -0.15) is 9.61 Å². The summed E-state index contributed by atoms with van der Waals surface area (Å²) in [4.78, 5) is 23.2. The van der Waals surface area contributed by atoms with Crippen LogP contribution in [0.4, 0.5) is 0 Å². The number of likely N-dealkylation sites (tertiary alicyclic amines) is 1. The Morgan fingerprint density at radius 3 is 2.49 bits per heavy atom. The van der Waals surface area contributed by atoms with E-state index >= 15 is 0 Å². The number of fused-ring (bicyclic) bond motifs is 3. The van der Waals surface area contributed by atoms with Crippen LogP contribution in [0.25, 0.3) is 39.1 Å². The maximum Gasteiger partial charge on any atom is 0.165 e. The minimum atomic E-state index is 0.226. The van der Waals surface area contributed by atoms with Crippen LogP contribution in [-0.4, -0.2) is 43.9 Å². The lowest BCUT2D eigenvalue weighted by Crippen LogP contribution is -2.33. The molecular weight excluding hydrogens is 434 g/mol. The number of benzene rings is 2. The van der Waals surface area contributed by atoms with Crippen molar-refractivity contribution in [3.8, 4) is 22.4 Å². The van der Waals surface area contributed by atoms with Gasteiger partial charge in [-0.1, -0.05) is 54.6 Å². The first-order chi connectivity index (χ1) is 17.2. The molecule has 0 N–H and O–H groups in total. The van der Waals surface area contributed by atoms with Crippen molar-refractivity contribution in [1.29, 1.82) is 0 Å². The van der Waals surface area contributed by atoms with Crippen LogP contribution in [0.2, 0.25) is 0 Å². The molecule has 0 amide bonds. The number of carbonyl (C=O) groups is 1. The lowest BCUT2D eigenvalue weighted by molar-refractivity contribution is -0.112. The molecule has 35 heavy (non-hydrogen) atoms. The van der Waals surface area contributed by atoms with E-state index in [2.05, 4.69) is 69.6 Å². The minimum absolute atomic E-state index is 0.226. The van der Waals surface area contributed by atoms with E-state index in [1.807, 2.05) is 29.8 Å². The normalized spacial score (nSPS) is 15.1. The van der Waals surface area contributed by atoms with Crippen LogP contribution in [0.1, 0.15) is 24.1 Å². The molecule has 1 aliphatic heterocycles. The second-order valence-electron chi connectivity index (χ2n) is 9.42. The van der Waals surface area contributed by atoms with Gasteiger partial charge in [-0.05, 0) is 50.0 Å². The predicted octanol–water partition coefficient (Wildman–Crippen LogP) is 5.33. The van der Waals surface area contributed by atoms with Crippen molar-refractivity contribution in [2.45, 2.75) is 26.3 Å². The zero-order valence-electron chi connectivity index (χ0n) is 19.8. The third-order valence-electron chi connectivity index (χ3n) is 6.92. The quantitative estimate of drug-likeness (QED) is 0.331. The van der Waals surface area contributed by atoms with Crippen LogP contribution in [0.3, 0.4) is 0 Å². The second kappa shape index (κ2) is 9.04. The number of rotatable bonds is 5. The summed E-state index contributed by atoms with van der Waals surface area (Å²) in [6.07, 6.45) is 4.91. The molecule has 174 valence electrons. The van der Waals surface area contributed by atoms with Gasteiger partial charge in [0.1, 0.15) is 6.29 Å². The van der Waals surface area contributed by atoms with E-state index in [9.17, 15) is 4.79 Å². The molecule has 0 atom stereocenters. The van der Waals surface area contributed by atoms with Gasteiger partial charge in [0, 0.05) is 41.2 Å². The summed E-state index contributed by atoms with van der Waals surface area (Å²) in [5.74, 6) is 0.226. The molecular formula is C29H27N5O. The van der Waals surface area contributed by atoms with Crippen LogP contribution in [0.15, 0.2) is 72.9 Å². The fourth-order valence-electron chi connectivity index (χ4n) is 4.98. The second-order valence-corrected chi connectivity index (χ2v) is 9.42.